The second kappa shape index (κ2) is 13.6. The molecule has 0 bridgehead atoms. The number of hydrogen-bond acceptors (Lipinski definition) is 5. The van der Waals surface area contributed by atoms with Crippen LogP contribution in [0.2, 0.25) is 0 Å². The van der Waals surface area contributed by atoms with Gasteiger partial charge < -0.3 is 10.2 Å². The van der Waals surface area contributed by atoms with E-state index in [-0.39, 0.29) is 23.6 Å². The fourth-order valence-corrected chi connectivity index (χ4v) is 6.62. The molecular formula is C34H34N4O4S. The van der Waals surface area contributed by atoms with Crippen LogP contribution in [0.4, 0.5) is 0 Å². The Morgan fingerprint density at radius 1 is 0.767 bits per heavy atom. The van der Waals surface area contributed by atoms with E-state index in [2.05, 4.69) is 16.1 Å². The molecule has 0 aliphatic carbocycles. The van der Waals surface area contributed by atoms with Gasteiger partial charge in [0.2, 0.25) is 21.8 Å². The molecule has 1 aliphatic rings. The molecule has 5 rings (SSSR count). The summed E-state index contributed by atoms with van der Waals surface area (Å²) in [5, 5.41) is 13.7. The monoisotopic (exact) mass is 594 g/mol. The molecule has 4 aromatic carbocycles. The highest BCUT2D eigenvalue weighted by Gasteiger charge is 2.32. The SMILES string of the molecule is N#Cc1ccc(C[C@H](NC(=O)[C@@H](Cc2ccccc2)NS(=O)(=O)c2ccc3ccccc3c2)C(=O)N2CCCCC2)cc1. The lowest BCUT2D eigenvalue weighted by Crippen LogP contribution is -2.56. The smallest absolute Gasteiger partial charge is 0.245 e. The zero-order valence-corrected chi connectivity index (χ0v) is 24.6. The van der Waals surface area contributed by atoms with Crippen LogP contribution in [-0.4, -0.2) is 50.3 Å². The van der Waals surface area contributed by atoms with Crippen LogP contribution in [0.3, 0.4) is 0 Å². The van der Waals surface area contributed by atoms with Crippen molar-refractivity contribution in [3.8, 4) is 6.07 Å². The summed E-state index contributed by atoms with van der Waals surface area (Å²) in [5.74, 6) is -0.787. The Hall–Kier alpha value is -4.52. The van der Waals surface area contributed by atoms with Crippen molar-refractivity contribution in [1.82, 2.24) is 14.9 Å². The number of amides is 2. The van der Waals surface area contributed by atoms with Gasteiger partial charge in [0.25, 0.3) is 0 Å². The maximum absolute atomic E-state index is 13.9. The average Bonchev–Trinajstić information content (AvgIpc) is 3.04. The summed E-state index contributed by atoms with van der Waals surface area (Å²) in [7, 11) is -4.10. The van der Waals surface area contributed by atoms with E-state index in [0.29, 0.717) is 18.7 Å². The van der Waals surface area contributed by atoms with Crippen molar-refractivity contribution in [2.24, 2.45) is 0 Å². The van der Waals surface area contributed by atoms with Gasteiger partial charge in [-0.05, 0) is 71.8 Å². The number of piperidine rings is 1. The molecule has 8 nitrogen and oxygen atoms in total. The van der Waals surface area contributed by atoms with Crippen molar-refractivity contribution in [2.75, 3.05) is 13.1 Å². The summed E-state index contributed by atoms with van der Waals surface area (Å²) in [4.78, 5) is 29.4. The number of nitriles is 1. The molecule has 1 heterocycles. The highest BCUT2D eigenvalue weighted by molar-refractivity contribution is 7.89. The molecule has 0 unspecified atom stereocenters. The van der Waals surface area contributed by atoms with E-state index in [4.69, 9.17) is 0 Å². The third-order valence-corrected chi connectivity index (χ3v) is 9.20. The Balaban J connectivity index is 1.42. The van der Waals surface area contributed by atoms with Gasteiger partial charge in [-0.15, -0.1) is 0 Å². The van der Waals surface area contributed by atoms with Crippen LogP contribution < -0.4 is 10.0 Å². The van der Waals surface area contributed by atoms with Gasteiger partial charge in [-0.2, -0.15) is 9.98 Å². The summed E-state index contributed by atoms with van der Waals surface area (Å²) in [6.45, 7) is 1.22. The molecule has 0 aromatic heterocycles. The van der Waals surface area contributed by atoms with Crippen LogP contribution >= 0.6 is 0 Å². The third kappa shape index (κ3) is 7.66. The first-order chi connectivity index (χ1) is 20.8. The van der Waals surface area contributed by atoms with Crippen molar-refractivity contribution in [3.63, 3.8) is 0 Å². The number of nitrogens with one attached hydrogen (secondary N) is 2. The molecule has 2 amide bonds. The van der Waals surface area contributed by atoms with Crippen LogP contribution in [0, 0.1) is 11.3 Å². The lowest BCUT2D eigenvalue weighted by Gasteiger charge is -2.31. The lowest BCUT2D eigenvalue weighted by atomic mass is 10.0. The summed E-state index contributed by atoms with van der Waals surface area (Å²) in [5.41, 5.74) is 2.05. The predicted octanol–water partition coefficient (Wildman–Crippen LogP) is 4.34. The Bertz CT molecular complexity index is 1730. The van der Waals surface area contributed by atoms with Crippen molar-refractivity contribution >= 4 is 32.6 Å². The number of carbonyl (C=O) groups excluding carboxylic acids is 2. The molecule has 1 fully saturated rings. The van der Waals surface area contributed by atoms with E-state index in [0.717, 1.165) is 41.2 Å². The van der Waals surface area contributed by atoms with Crippen LogP contribution in [0.25, 0.3) is 10.8 Å². The lowest BCUT2D eigenvalue weighted by molar-refractivity contribution is -0.137. The molecule has 0 spiro atoms. The quantitative estimate of drug-likeness (QED) is 0.283. The molecule has 1 aliphatic heterocycles. The van der Waals surface area contributed by atoms with Gasteiger partial charge in [-0.3, -0.25) is 9.59 Å². The van der Waals surface area contributed by atoms with Gasteiger partial charge in [-0.1, -0.05) is 72.8 Å². The Morgan fingerprint density at radius 3 is 2.09 bits per heavy atom. The van der Waals surface area contributed by atoms with Gasteiger partial charge in [0.15, 0.2) is 0 Å². The maximum atomic E-state index is 13.9. The number of sulfonamides is 1. The minimum absolute atomic E-state index is 0.0515. The number of rotatable bonds is 10. The minimum Gasteiger partial charge on any atom is -0.343 e. The summed E-state index contributed by atoms with van der Waals surface area (Å²) >= 11 is 0. The van der Waals surface area contributed by atoms with Crippen LogP contribution in [-0.2, 0) is 32.5 Å². The van der Waals surface area contributed by atoms with E-state index in [1.807, 2.05) is 54.6 Å². The molecule has 1 saturated heterocycles. The fourth-order valence-electron chi connectivity index (χ4n) is 5.39. The van der Waals surface area contributed by atoms with E-state index < -0.39 is 28.0 Å². The molecule has 220 valence electrons. The highest BCUT2D eigenvalue weighted by atomic mass is 32.2. The summed E-state index contributed by atoms with van der Waals surface area (Å²) < 4.78 is 29.8. The minimum atomic E-state index is -4.10. The second-order valence-electron chi connectivity index (χ2n) is 10.8. The Morgan fingerprint density at radius 2 is 1.40 bits per heavy atom. The molecule has 9 heteroatoms. The molecule has 2 N–H and O–H groups in total. The van der Waals surface area contributed by atoms with Gasteiger partial charge in [-0.25, -0.2) is 8.42 Å². The summed E-state index contributed by atoms with van der Waals surface area (Å²) in [6, 6.07) is 28.4. The van der Waals surface area contributed by atoms with Gasteiger partial charge in [0, 0.05) is 19.5 Å². The zero-order chi connectivity index (χ0) is 30.2. The third-order valence-electron chi connectivity index (χ3n) is 7.73. The van der Waals surface area contributed by atoms with Crippen molar-refractivity contribution in [1.29, 1.82) is 5.26 Å². The summed E-state index contributed by atoms with van der Waals surface area (Å²) in [6.07, 6.45) is 3.15. The van der Waals surface area contributed by atoms with Crippen molar-refractivity contribution < 1.29 is 18.0 Å². The predicted molar refractivity (Wildman–Crippen MR) is 165 cm³/mol. The van der Waals surface area contributed by atoms with Gasteiger partial charge in [0.1, 0.15) is 12.1 Å². The molecule has 4 aromatic rings. The molecule has 43 heavy (non-hydrogen) atoms. The number of fused-ring (bicyclic) bond motifs is 1. The van der Waals surface area contributed by atoms with Crippen molar-refractivity contribution in [2.45, 2.75) is 49.1 Å². The number of benzene rings is 4. The second-order valence-corrected chi connectivity index (χ2v) is 12.5. The van der Waals surface area contributed by atoms with Gasteiger partial charge >= 0.3 is 0 Å². The van der Waals surface area contributed by atoms with E-state index >= 15 is 0 Å². The molecule has 2 atom stereocenters. The number of carbonyl (C=O) groups is 2. The van der Waals surface area contributed by atoms with E-state index in [1.165, 1.54) is 6.07 Å². The largest absolute Gasteiger partial charge is 0.343 e. The Kier molecular flexibility index (Phi) is 9.50. The average molecular weight is 595 g/mol. The first-order valence-corrected chi connectivity index (χ1v) is 15.9. The Labute approximate surface area is 252 Å². The van der Waals surface area contributed by atoms with E-state index in [1.54, 1.807) is 41.3 Å². The van der Waals surface area contributed by atoms with Gasteiger partial charge in [0.05, 0.1) is 16.5 Å². The number of hydrogen-bond donors (Lipinski definition) is 2. The maximum Gasteiger partial charge on any atom is 0.245 e. The topological polar surface area (TPSA) is 119 Å². The number of nitrogens with zero attached hydrogens (tertiary/aromatic N) is 2. The van der Waals surface area contributed by atoms with E-state index in [9.17, 15) is 23.3 Å². The normalized spacial score (nSPS) is 14.9. The van der Waals surface area contributed by atoms with Crippen LogP contribution in [0.5, 0.6) is 0 Å². The molecule has 0 saturated carbocycles. The molecular weight excluding hydrogens is 560 g/mol. The standard InChI is InChI=1S/C34H34N4O4S/c35-24-27-15-13-26(14-16-27)22-32(34(40)38-19-7-2-8-20-38)36-33(39)31(21-25-9-3-1-4-10-25)37-43(41,42)30-18-17-28-11-5-6-12-29(28)23-30/h1,3-6,9-18,23,31-32,37H,2,7-8,19-22H2,(H,36,39)/t31-,32+/m1/s1. The first kappa shape index (κ1) is 30.0. The molecule has 0 radical (unpaired) electrons. The highest BCUT2D eigenvalue weighted by Crippen LogP contribution is 2.20. The number of likely N-dealkylation sites (tertiary alicyclic amines) is 1. The first-order valence-electron chi connectivity index (χ1n) is 14.5. The van der Waals surface area contributed by atoms with Crippen LogP contribution in [0.1, 0.15) is 36.0 Å². The van der Waals surface area contributed by atoms with Crippen LogP contribution in [0.15, 0.2) is 102 Å². The fraction of sp³-hybridized carbons (Fsp3) is 0.265. The van der Waals surface area contributed by atoms with Crippen molar-refractivity contribution in [3.05, 3.63) is 114 Å². The zero-order valence-electron chi connectivity index (χ0n) is 23.8.